The number of nitrogens with zero attached hydrogens (tertiary/aromatic N) is 5. The number of anilines is 2. The summed E-state index contributed by atoms with van der Waals surface area (Å²) in [7, 11) is 0. The highest BCUT2D eigenvalue weighted by molar-refractivity contribution is 6.30. The van der Waals surface area contributed by atoms with E-state index >= 15 is 0 Å². The zero-order valence-electron chi connectivity index (χ0n) is 18.8. The number of nitriles is 1. The molecule has 9 nitrogen and oxygen atoms in total. The second-order valence-corrected chi connectivity index (χ2v) is 8.99. The second-order valence-electron chi connectivity index (χ2n) is 8.58. The molecule has 1 saturated heterocycles. The molecule has 3 aromatic rings. The Morgan fingerprint density at radius 3 is 2.69 bits per heavy atom. The molecule has 0 amide bonds. The molecule has 182 valence electrons. The van der Waals surface area contributed by atoms with Crippen molar-refractivity contribution in [2.75, 3.05) is 18.4 Å². The maximum Gasteiger partial charge on any atom is 0.310 e. The average molecular weight is 502 g/mol. The number of likely N-dealkylation sites (tertiary alicyclic amines) is 1. The van der Waals surface area contributed by atoms with E-state index in [9.17, 15) is 23.9 Å². The van der Waals surface area contributed by atoms with E-state index in [0.29, 0.717) is 24.5 Å². The minimum atomic E-state index is -1.30. The number of halogens is 3. The summed E-state index contributed by atoms with van der Waals surface area (Å²) in [6.45, 7) is 2.78. The number of aromatic nitrogens is 4. The molecule has 3 N–H and O–H groups in total. The molecule has 3 heterocycles. The first-order valence-corrected chi connectivity index (χ1v) is 11.2. The number of nitrogens with one attached hydrogen (secondary N) is 2. The molecular formula is C23H22ClF2N7O2. The van der Waals surface area contributed by atoms with Crippen LogP contribution in [0.1, 0.15) is 35.5 Å². The van der Waals surface area contributed by atoms with Gasteiger partial charge in [-0.25, -0.2) is 13.8 Å². The molecular weight excluding hydrogens is 480 g/mol. The molecule has 1 aromatic carbocycles. The lowest BCUT2D eigenvalue weighted by molar-refractivity contribution is -0.152. The Balaban J connectivity index is 1.54. The van der Waals surface area contributed by atoms with Gasteiger partial charge in [0.15, 0.2) is 17.3 Å². The van der Waals surface area contributed by atoms with E-state index in [2.05, 4.69) is 25.5 Å². The van der Waals surface area contributed by atoms with Crippen molar-refractivity contribution < 1.29 is 18.7 Å². The lowest BCUT2D eigenvalue weighted by atomic mass is 9.74. The van der Waals surface area contributed by atoms with Crippen LogP contribution < -0.4 is 5.32 Å². The SMILES string of the molecule is Cc1cc(Nc2nc(C#N)c(F)c(CC3(C(=O)O)CCN(Cc4cccc(Cl)c4F)CC3)n2)n[nH]1. The van der Waals surface area contributed by atoms with Crippen LogP contribution in [-0.4, -0.2) is 49.2 Å². The lowest BCUT2D eigenvalue weighted by Gasteiger charge is -2.39. The fourth-order valence-corrected chi connectivity index (χ4v) is 4.37. The molecule has 12 heteroatoms. The third-order valence-corrected chi connectivity index (χ3v) is 6.46. The van der Waals surface area contributed by atoms with Gasteiger partial charge in [0.1, 0.15) is 11.9 Å². The zero-order valence-corrected chi connectivity index (χ0v) is 19.5. The monoisotopic (exact) mass is 501 g/mol. The Morgan fingerprint density at radius 2 is 2.06 bits per heavy atom. The van der Waals surface area contributed by atoms with Crippen molar-refractivity contribution in [2.24, 2.45) is 5.41 Å². The van der Waals surface area contributed by atoms with Crippen molar-refractivity contribution in [1.29, 1.82) is 5.26 Å². The summed E-state index contributed by atoms with van der Waals surface area (Å²) in [5.41, 5.74) is -0.761. The van der Waals surface area contributed by atoms with Gasteiger partial charge >= 0.3 is 5.97 Å². The summed E-state index contributed by atoms with van der Waals surface area (Å²) in [6.07, 6.45) is 0.160. The lowest BCUT2D eigenvalue weighted by Crippen LogP contribution is -2.45. The maximum atomic E-state index is 15.0. The highest BCUT2D eigenvalue weighted by Gasteiger charge is 2.43. The molecule has 0 bridgehead atoms. The minimum Gasteiger partial charge on any atom is -0.481 e. The van der Waals surface area contributed by atoms with E-state index in [-0.39, 0.29) is 42.5 Å². The van der Waals surface area contributed by atoms with Gasteiger partial charge in [-0.1, -0.05) is 23.7 Å². The van der Waals surface area contributed by atoms with Gasteiger partial charge in [-0.3, -0.25) is 14.8 Å². The zero-order chi connectivity index (χ0) is 25.2. The summed E-state index contributed by atoms with van der Waals surface area (Å²) in [5.74, 6) is -2.21. The number of carbonyl (C=O) groups is 1. The smallest absolute Gasteiger partial charge is 0.310 e. The van der Waals surface area contributed by atoms with Gasteiger partial charge in [-0.05, 0) is 38.9 Å². The molecule has 1 fully saturated rings. The molecule has 0 aliphatic carbocycles. The van der Waals surface area contributed by atoms with Crippen LogP contribution in [0.3, 0.4) is 0 Å². The Labute approximate surface area is 204 Å². The van der Waals surface area contributed by atoms with Crippen LogP contribution in [0, 0.1) is 35.3 Å². The third-order valence-electron chi connectivity index (χ3n) is 6.17. The summed E-state index contributed by atoms with van der Waals surface area (Å²) in [5, 5.41) is 29.0. The normalized spacial score (nSPS) is 15.5. The quantitative estimate of drug-likeness (QED) is 0.443. The molecule has 35 heavy (non-hydrogen) atoms. The number of benzene rings is 1. The average Bonchev–Trinajstić information content (AvgIpc) is 3.24. The van der Waals surface area contributed by atoms with E-state index in [0.717, 1.165) is 5.69 Å². The molecule has 0 radical (unpaired) electrons. The third kappa shape index (κ3) is 5.23. The number of carboxylic acid groups (broad SMARTS) is 1. The van der Waals surface area contributed by atoms with Gasteiger partial charge in [0.25, 0.3) is 0 Å². The van der Waals surface area contributed by atoms with Crippen molar-refractivity contribution >= 4 is 29.3 Å². The first kappa shape index (κ1) is 24.5. The highest BCUT2D eigenvalue weighted by atomic mass is 35.5. The Kier molecular flexibility index (Phi) is 6.95. The van der Waals surface area contributed by atoms with Crippen LogP contribution in [-0.2, 0) is 17.8 Å². The van der Waals surface area contributed by atoms with E-state index in [1.807, 2.05) is 4.90 Å². The molecule has 0 unspecified atom stereocenters. The van der Waals surface area contributed by atoms with E-state index in [4.69, 9.17) is 11.6 Å². The standard InChI is InChI=1S/C23H22ClF2N7O2/c1-13-9-18(32-31-13)30-22-28-16(20(26)17(11-27)29-22)10-23(21(34)35)5-7-33(8-6-23)12-14-3-2-4-15(24)19(14)25/h2-4,9H,5-8,10,12H2,1H3,(H,34,35)(H2,28,29,30,31,32). The number of hydrogen-bond acceptors (Lipinski definition) is 7. The number of hydrogen-bond donors (Lipinski definition) is 3. The van der Waals surface area contributed by atoms with E-state index in [1.165, 1.54) is 6.07 Å². The van der Waals surface area contributed by atoms with Gasteiger partial charge in [-0.15, -0.1) is 0 Å². The molecule has 4 rings (SSSR count). The first-order chi connectivity index (χ1) is 16.7. The number of aryl methyl sites for hydroxylation is 1. The number of H-pyrrole nitrogens is 1. The topological polar surface area (TPSA) is 131 Å². The Bertz CT molecular complexity index is 1300. The highest BCUT2D eigenvalue weighted by Crippen LogP contribution is 2.37. The van der Waals surface area contributed by atoms with E-state index in [1.54, 1.807) is 31.2 Å². The van der Waals surface area contributed by atoms with Crippen LogP contribution in [0.15, 0.2) is 24.3 Å². The number of carboxylic acids is 1. The maximum absolute atomic E-state index is 15.0. The molecule has 1 aliphatic rings. The summed E-state index contributed by atoms with van der Waals surface area (Å²) >= 11 is 5.86. The van der Waals surface area contributed by atoms with Gasteiger partial charge in [0, 0.05) is 30.3 Å². The molecule has 0 spiro atoms. The predicted molar refractivity (Wildman–Crippen MR) is 123 cm³/mol. The summed E-state index contributed by atoms with van der Waals surface area (Å²) in [4.78, 5) is 22.3. The van der Waals surface area contributed by atoms with Crippen molar-refractivity contribution in [3.8, 4) is 6.07 Å². The minimum absolute atomic E-state index is 0.0290. The van der Waals surface area contributed by atoms with Crippen molar-refractivity contribution in [3.63, 3.8) is 0 Å². The first-order valence-electron chi connectivity index (χ1n) is 10.8. The number of rotatable bonds is 7. The van der Waals surface area contributed by atoms with Crippen LogP contribution in [0.25, 0.3) is 0 Å². The number of piperidine rings is 1. The Hall–Kier alpha value is -3.62. The van der Waals surface area contributed by atoms with Gasteiger partial charge in [0.05, 0.1) is 16.1 Å². The predicted octanol–water partition coefficient (Wildman–Crippen LogP) is 3.96. The fraction of sp³-hybridized carbons (Fsp3) is 0.348. The molecule has 2 aromatic heterocycles. The van der Waals surface area contributed by atoms with Gasteiger partial charge in [-0.2, -0.15) is 15.3 Å². The van der Waals surface area contributed by atoms with Crippen LogP contribution >= 0.6 is 11.6 Å². The summed E-state index contributed by atoms with van der Waals surface area (Å²) < 4.78 is 29.3. The Morgan fingerprint density at radius 1 is 1.31 bits per heavy atom. The molecule has 0 atom stereocenters. The van der Waals surface area contributed by atoms with Gasteiger partial charge in [0.2, 0.25) is 5.95 Å². The van der Waals surface area contributed by atoms with Crippen molar-refractivity contribution in [2.45, 2.75) is 32.7 Å². The van der Waals surface area contributed by atoms with Crippen LogP contribution in [0.4, 0.5) is 20.5 Å². The fourth-order valence-electron chi connectivity index (χ4n) is 4.17. The van der Waals surface area contributed by atoms with Crippen molar-refractivity contribution in [3.05, 3.63) is 63.6 Å². The van der Waals surface area contributed by atoms with Gasteiger partial charge < -0.3 is 10.4 Å². The number of aliphatic carboxylic acids is 1. The molecule has 0 saturated carbocycles. The number of aromatic amines is 1. The van der Waals surface area contributed by atoms with Crippen molar-refractivity contribution in [1.82, 2.24) is 25.1 Å². The van der Waals surface area contributed by atoms with Crippen LogP contribution in [0.5, 0.6) is 0 Å². The summed E-state index contributed by atoms with van der Waals surface area (Å²) in [6, 6.07) is 8.13. The molecule has 1 aliphatic heterocycles. The van der Waals surface area contributed by atoms with Crippen LogP contribution in [0.2, 0.25) is 5.02 Å². The van der Waals surface area contributed by atoms with E-state index < -0.39 is 28.7 Å². The second kappa shape index (κ2) is 9.93. The largest absolute Gasteiger partial charge is 0.481 e.